The first-order valence-corrected chi connectivity index (χ1v) is 9.31. The molecule has 2 aliphatic rings. The van der Waals surface area contributed by atoms with Gasteiger partial charge in [-0.05, 0) is 32.1 Å². The second-order valence-corrected chi connectivity index (χ2v) is 8.15. The van der Waals surface area contributed by atoms with Crippen molar-refractivity contribution in [2.24, 2.45) is 11.8 Å². The van der Waals surface area contributed by atoms with Crippen molar-refractivity contribution in [3.63, 3.8) is 0 Å². The van der Waals surface area contributed by atoms with Crippen molar-refractivity contribution in [1.82, 2.24) is 4.90 Å². The summed E-state index contributed by atoms with van der Waals surface area (Å²) in [5, 5.41) is 0. The van der Waals surface area contributed by atoms with Gasteiger partial charge in [-0.2, -0.15) is 26.3 Å². The first-order valence-electron chi connectivity index (χ1n) is 9.31. The van der Waals surface area contributed by atoms with Crippen LogP contribution < -0.4 is 0 Å². The van der Waals surface area contributed by atoms with Crippen LogP contribution in [0.4, 0.5) is 48.3 Å². The van der Waals surface area contributed by atoms with Crippen molar-refractivity contribution in [3.8, 4) is 0 Å². The van der Waals surface area contributed by atoms with E-state index in [0.29, 0.717) is 0 Å². The van der Waals surface area contributed by atoms with Crippen molar-refractivity contribution in [2.45, 2.75) is 81.7 Å². The summed E-state index contributed by atoms with van der Waals surface area (Å²) in [7, 11) is 0. The Labute approximate surface area is 165 Å². The van der Waals surface area contributed by atoms with Crippen LogP contribution in [0.2, 0.25) is 0 Å². The van der Waals surface area contributed by atoms with Gasteiger partial charge in [0.1, 0.15) is 12.2 Å². The summed E-state index contributed by atoms with van der Waals surface area (Å²) in [6.07, 6.45) is -22.1. The minimum atomic E-state index is -5.91. The number of nitrogens with zero attached hydrogens (tertiary/aromatic N) is 1. The fourth-order valence-electron chi connectivity index (χ4n) is 4.04. The molecule has 0 aromatic rings. The Morgan fingerprint density at radius 2 is 1.33 bits per heavy atom. The van der Waals surface area contributed by atoms with Gasteiger partial charge in [-0.3, -0.25) is 4.90 Å². The maximum Gasteiger partial charge on any atom is 0.425 e. The van der Waals surface area contributed by atoms with Crippen LogP contribution in [0.15, 0.2) is 0 Å². The van der Waals surface area contributed by atoms with E-state index in [1.807, 2.05) is 0 Å². The molecule has 0 N–H and O–H groups in total. The first-order chi connectivity index (χ1) is 13.4. The Bertz CT molecular complexity index is 591. The molecule has 178 valence electrons. The zero-order valence-corrected chi connectivity index (χ0v) is 16.0. The van der Waals surface area contributed by atoms with E-state index in [1.165, 1.54) is 6.92 Å². The van der Waals surface area contributed by atoms with E-state index in [2.05, 4.69) is 4.74 Å². The Morgan fingerprint density at radius 1 is 0.833 bits per heavy atom. The van der Waals surface area contributed by atoms with Crippen LogP contribution in [0.3, 0.4) is 0 Å². The monoisotopic (exact) mass is 465 g/mol. The average Bonchev–Trinajstić information content (AvgIpc) is 3.10. The second kappa shape index (κ2) is 8.25. The van der Waals surface area contributed by atoms with Gasteiger partial charge >= 0.3 is 18.3 Å². The van der Waals surface area contributed by atoms with E-state index in [4.69, 9.17) is 0 Å². The highest BCUT2D eigenvalue weighted by Gasteiger charge is 2.64. The van der Waals surface area contributed by atoms with Gasteiger partial charge in [0.05, 0.1) is 12.0 Å². The molecular weight excluding hydrogens is 443 g/mol. The number of piperidine rings is 1. The molecule has 2 fully saturated rings. The lowest BCUT2D eigenvalue weighted by atomic mass is 9.88. The molecule has 13 heteroatoms. The molecule has 2 nitrogen and oxygen atoms in total. The van der Waals surface area contributed by atoms with Gasteiger partial charge in [0.2, 0.25) is 0 Å². The van der Waals surface area contributed by atoms with E-state index in [9.17, 15) is 48.3 Å². The molecule has 2 rings (SSSR count). The normalized spacial score (nSPS) is 32.3. The molecule has 0 bridgehead atoms. The second-order valence-electron chi connectivity index (χ2n) is 8.15. The van der Waals surface area contributed by atoms with Crippen molar-refractivity contribution < 1.29 is 53.0 Å². The summed E-state index contributed by atoms with van der Waals surface area (Å²) in [5.74, 6) is -11.4. The molecule has 6 atom stereocenters. The lowest BCUT2D eigenvalue weighted by Crippen LogP contribution is -2.57. The third kappa shape index (κ3) is 5.13. The number of ether oxygens (including phenoxy) is 1. The molecule has 2 saturated heterocycles. The van der Waals surface area contributed by atoms with Crippen LogP contribution in [0.5, 0.6) is 0 Å². The third-order valence-corrected chi connectivity index (χ3v) is 5.76. The molecule has 30 heavy (non-hydrogen) atoms. The van der Waals surface area contributed by atoms with E-state index < -0.39 is 79.8 Å². The predicted octanol–water partition coefficient (Wildman–Crippen LogP) is 5.61. The number of hydrogen-bond acceptors (Lipinski definition) is 2. The molecule has 0 aliphatic carbocycles. The highest BCUT2D eigenvalue weighted by Crippen LogP contribution is 2.46. The molecule has 0 radical (unpaired) electrons. The molecule has 2 heterocycles. The molecule has 0 spiro atoms. The Morgan fingerprint density at radius 3 is 1.80 bits per heavy atom. The van der Waals surface area contributed by atoms with Gasteiger partial charge in [0.25, 0.3) is 12.1 Å². The molecule has 0 saturated carbocycles. The molecule has 0 aromatic heterocycles. The summed E-state index contributed by atoms with van der Waals surface area (Å²) in [6.45, 7) is 1.54. The molecule has 6 unspecified atom stereocenters. The van der Waals surface area contributed by atoms with Crippen LogP contribution in [0.1, 0.15) is 33.1 Å². The van der Waals surface area contributed by atoms with Crippen LogP contribution in [-0.4, -0.2) is 66.6 Å². The van der Waals surface area contributed by atoms with Gasteiger partial charge in [0.15, 0.2) is 0 Å². The number of alkyl halides is 11. The fraction of sp³-hybridized carbons (Fsp3) is 1.00. The smallest absolute Gasteiger partial charge is 0.362 e. The highest BCUT2D eigenvalue weighted by molar-refractivity contribution is 4.99. The Balaban J connectivity index is 2.12. The Kier molecular flexibility index (Phi) is 6.99. The molecule has 2 aliphatic heterocycles. The highest BCUT2D eigenvalue weighted by atomic mass is 19.4. The summed E-state index contributed by atoms with van der Waals surface area (Å²) in [6, 6.07) is -1.86. The topological polar surface area (TPSA) is 12.5 Å². The summed E-state index contributed by atoms with van der Waals surface area (Å²) in [5.41, 5.74) is 0. The average molecular weight is 465 g/mol. The summed E-state index contributed by atoms with van der Waals surface area (Å²) >= 11 is 0. The van der Waals surface area contributed by atoms with Crippen LogP contribution in [-0.2, 0) is 4.74 Å². The largest absolute Gasteiger partial charge is 0.425 e. The molecule has 0 aromatic carbocycles. The van der Waals surface area contributed by atoms with Crippen LogP contribution in [0, 0.1) is 11.8 Å². The third-order valence-electron chi connectivity index (χ3n) is 5.76. The minimum Gasteiger partial charge on any atom is -0.362 e. The summed E-state index contributed by atoms with van der Waals surface area (Å²) < 4.78 is 151. The van der Waals surface area contributed by atoms with Gasteiger partial charge in [-0.25, -0.2) is 22.0 Å². The van der Waals surface area contributed by atoms with Crippen molar-refractivity contribution in [2.75, 3.05) is 13.1 Å². The van der Waals surface area contributed by atoms with E-state index in [1.54, 1.807) is 0 Å². The quantitative estimate of drug-likeness (QED) is 0.490. The van der Waals surface area contributed by atoms with Crippen molar-refractivity contribution in [1.29, 1.82) is 0 Å². The van der Waals surface area contributed by atoms with Crippen molar-refractivity contribution in [3.05, 3.63) is 0 Å². The van der Waals surface area contributed by atoms with Crippen LogP contribution >= 0.6 is 0 Å². The summed E-state index contributed by atoms with van der Waals surface area (Å²) in [4.78, 5) is 0.884. The molecule has 0 amide bonds. The Hall–Kier alpha value is -0.850. The molecular formula is C17H22F11NO. The predicted molar refractivity (Wildman–Crippen MR) is 83.1 cm³/mol. The lowest BCUT2D eigenvalue weighted by Gasteiger charge is -2.43. The van der Waals surface area contributed by atoms with Gasteiger partial charge in [0, 0.05) is 13.1 Å². The standard InChI is InChI=1S/C17H22F11NO/c1-8-5-10(16(23,24)25)7-29(6-8)9(2)14(19,20)11-3-4-12(30-11)15(21,22)13(18)17(26,27)28/h8-13H,3-7H2,1-2H3. The van der Waals surface area contributed by atoms with E-state index in [-0.39, 0.29) is 13.0 Å². The zero-order chi connectivity index (χ0) is 23.3. The lowest BCUT2D eigenvalue weighted by molar-refractivity contribution is -0.279. The van der Waals surface area contributed by atoms with Gasteiger partial charge in [-0.1, -0.05) is 6.92 Å². The minimum absolute atomic E-state index is 0.101. The first kappa shape index (κ1) is 25.4. The number of halogens is 11. The zero-order valence-electron chi connectivity index (χ0n) is 16.0. The maximum atomic E-state index is 14.8. The number of rotatable bonds is 5. The van der Waals surface area contributed by atoms with Crippen LogP contribution in [0.25, 0.3) is 0 Å². The fourth-order valence-corrected chi connectivity index (χ4v) is 4.04. The van der Waals surface area contributed by atoms with Gasteiger partial charge in [-0.15, -0.1) is 0 Å². The van der Waals surface area contributed by atoms with Gasteiger partial charge < -0.3 is 4.74 Å². The number of hydrogen-bond donors (Lipinski definition) is 0. The van der Waals surface area contributed by atoms with E-state index >= 15 is 0 Å². The van der Waals surface area contributed by atoms with Crippen molar-refractivity contribution >= 4 is 0 Å². The van der Waals surface area contributed by atoms with E-state index in [0.717, 1.165) is 11.8 Å². The maximum absolute atomic E-state index is 14.8. The number of likely N-dealkylation sites (tertiary alicyclic amines) is 1. The SMILES string of the molecule is CC1CC(C(F)(F)F)CN(C(C)C(F)(F)C2CCC(C(F)(F)C(F)C(F)(F)F)O2)C1.